The summed E-state index contributed by atoms with van der Waals surface area (Å²) in [5.41, 5.74) is 4.80. The highest BCUT2D eigenvalue weighted by molar-refractivity contribution is 7.80. The number of benzene rings is 1. The lowest BCUT2D eigenvalue weighted by atomic mass is 10.0. The minimum Gasteiger partial charge on any atom is -0.491 e. The molecule has 4 heteroatoms. The van der Waals surface area contributed by atoms with Crippen LogP contribution >= 0.6 is 12.2 Å². The molecule has 0 N–H and O–H groups in total. The van der Waals surface area contributed by atoms with Gasteiger partial charge < -0.3 is 9.64 Å². The normalized spacial score (nSPS) is 16.6. The average Bonchev–Trinajstić information content (AvgIpc) is 2.84. The fourth-order valence-electron chi connectivity index (χ4n) is 2.95. The molecule has 2 aliphatic heterocycles. The van der Waals surface area contributed by atoms with Crippen molar-refractivity contribution in [2.24, 2.45) is 0 Å². The first-order chi connectivity index (χ1) is 9.83. The maximum absolute atomic E-state index is 5.92. The Hall–Kier alpha value is -1.94. The molecule has 0 unspecified atom stereocenters. The van der Waals surface area contributed by atoms with Crippen LogP contribution in [-0.4, -0.2) is 23.1 Å². The summed E-state index contributed by atoms with van der Waals surface area (Å²) in [4.78, 5) is 7.43. The molecule has 0 saturated carbocycles. The summed E-state index contributed by atoms with van der Waals surface area (Å²) in [6.07, 6.45) is 5.54. The SMILES string of the molecule is S=C1CCOc2cc(-c3cccnc3)cc3c2N1CC3. The van der Waals surface area contributed by atoms with Crippen molar-refractivity contribution in [2.75, 3.05) is 18.1 Å². The lowest BCUT2D eigenvalue weighted by molar-refractivity contribution is 0.334. The van der Waals surface area contributed by atoms with Crippen LogP contribution in [-0.2, 0) is 6.42 Å². The molecule has 0 saturated heterocycles. The van der Waals surface area contributed by atoms with Crippen LogP contribution in [0.5, 0.6) is 5.75 Å². The minimum atomic E-state index is 0.665. The summed E-state index contributed by atoms with van der Waals surface area (Å²) in [6.45, 7) is 1.64. The van der Waals surface area contributed by atoms with Crippen LogP contribution in [0.25, 0.3) is 11.1 Å². The Kier molecular flexibility index (Phi) is 2.70. The van der Waals surface area contributed by atoms with Crippen molar-refractivity contribution >= 4 is 22.9 Å². The van der Waals surface area contributed by atoms with E-state index in [4.69, 9.17) is 17.0 Å². The topological polar surface area (TPSA) is 25.4 Å². The van der Waals surface area contributed by atoms with Crippen LogP contribution in [0.1, 0.15) is 12.0 Å². The second-order valence-corrected chi connectivity index (χ2v) is 5.59. The Balaban J connectivity index is 1.88. The summed E-state index contributed by atoms with van der Waals surface area (Å²) >= 11 is 5.48. The van der Waals surface area contributed by atoms with E-state index in [2.05, 4.69) is 28.1 Å². The van der Waals surface area contributed by atoms with Gasteiger partial charge in [-0.1, -0.05) is 18.3 Å². The molecule has 3 nitrogen and oxygen atoms in total. The van der Waals surface area contributed by atoms with Gasteiger partial charge in [0.05, 0.1) is 17.3 Å². The van der Waals surface area contributed by atoms with Gasteiger partial charge in [-0.15, -0.1) is 0 Å². The number of ether oxygens (including phenoxy) is 1. The van der Waals surface area contributed by atoms with E-state index < -0.39 is 0 Å². The number of rotatable bonds is 1. The summed E-state index contributed by atoms with van der Waals surface area (Å²) < 4.78 is 5.92. The number of pyridine rings is 1. The average molecular weight is 282 g/mol. The maximum Gasteiger partial charge on any atom is 0.143 e. The summed E-state index contributed by atoms with van der Waals surface area (Å²) in [5.74, 6) is 0.957. The van der Waals surface area contributed by atoms with Crippen LogP contribution in [0.15, 0.2) is 36.7 Å². The van der Waals surface area contributed by atoms with Crippen molar-refractivity contribution in [1.82, 2.24) is 4.98 Å². The third-order valence-electron chi connectivity index (χ3n) is 3.90. The number of hydrogen-bond donors (Lipinski definition) is 0. The Morgan fingerprint density at radius 1 is 1.20 bits per heavy atom. The molecule has 1 aromatic carbocycles. The van der Waals surface area contributed by atoms with Crippen LogP contribution in [0.2, 0.25) is 0 Å². The fraction of sp³-hybridized carbons (Fsp3) is 0.250. The predicted octanol–water partition coefficient (Wildman–Crippen LogP) is 3.22. The van der Waals surface area contributed by atoms with Crippen molar-refractivity contribution in [3.8, 4) is 16.9 Å². The van der Waals surface area contributed by atoms with E-state index in [0.29, 0.717) is 6.61 Å². The molecule has 0 radical (unpaired) electrons. The van der Waals surface area contributed by atoms with E-state index in [-0.39, 0.29) is 0 Å². The van der Waals surface area contributed by atoms with Gasteiger partial charge in [-0.3, -0.25) is 4.98 Å². The van der Waals surface area contributed by atoms with Crippen LogP contribution in [0.4, 0.5) is 5.69 Å². The van der Waals surface area contributed by atoms with Gasteiger partial charge >= 0.3 is 0 Å². The highest BCUT2D eigenvalue weighted by Gasteiger charge is 2.29. The fourth-order valence-corrected chi connectivity index (χ4v) is 3.22. The molecule has 2 aromatic rings. The number of anilines is 1. The molecule has 0 amide bonds. The third kappa shape index (κ3) is 1.79. The molecule has 1 aromatic heterocycles. The molecule has 0 atom stereocenters. The van der Waals surface area contributed by atoms with Gasteiger partial charge in [0.15, 0.2) is 0 Å². The van der Waals surface area contributed by atoms with Gasteiger partial charge in [-0.25, -0.2) is 0 Å². The van der Waals surface area contributed by atoms with Crippen LogP contribution in [0.3, 0.4) is 0 Å². The van der Waals surface area contributed by atoms with Crippen LogP contribution in [0, 0.1) is 0 Å². The monoisotopic (exact) mass is 282 g/mol. The lowest BCUT2D eigenvalue weighted by Crippen LogP contribution is -2.26. The van der Waals surface area contributed by atoms with Gasteiger partial charge in [-0.05, 0) is 35.7 Å². The van der Waals surface area contributed by atoms with Gasteiger partial charge in [0.25, 0.3) is 0 Å². The number of thiocarbonyl (C=S) groups is 1. The quantitative estimate of drug-likeness (QED) is 0.750. The molecule has 0 spiro atoms. The second-order valence-electron chi connectivity index (χ2n) is 5.12. The standard InChI is InChI=1S/C16H14N2OS/c20-15-4-7-19-14-9-13(12-2-1-5-17-10-12)8-11-3-6-18(15)16(11)14/h1-2,5,8-10H,3-4,6-7H2. The molecule has 2 aliphatic rings. The first-order valence-electron chi connectivity index (χ1n) is 6.83. The van der Waals surface area contributed by atoms with Gasteiger partial charge in [0.2, 0.25) is 0 Å². The molecular formula is C16H14N2OS. The Labute approximate surface area is 123 Å². The largest absolute Gasteiger partial charge is 0.491 e. The summed E-state index contributed by atoms with van der Waals surface area (Å²) in [7, 11) is 0. The number of aromatic nitrogens is 1. The van der Waals surface area contributed by atoms with E-state index in [1.807, 2.05) is 12.3 Å². The lowest BCUT2D eigenvalue weighted by Gasteiger charge is -2.18. The molecule has 0 aliphatic carbocycles. The zero-order chi connectivity index (χ0) is 13.5. The third-order valence-corrected chi connectivity index (χ3v) is 4.32. The Morgan fingerprint density at radius 2 is 2.15 bits per heavy atom. The molecule has 3 heterocycles. The molecule has 0 bridgehead atoms. The van der Waals surface area contributed by atoms with Crippen molar-refractivity contribution in [2.45, 2.75) is 12.8 Å². The highest BCUT2D eigenvalue weighted by atomic mass is 32.1. The van der Waals surface area contributed by atoms with E-state index in [1.54, 1.807) is 6.20 Å². The first-order valence-corrected chi connectivity index (χ1v) is 7.24. The minimum absolute atomic E-state index is 0.665. The van der Waals surface area contributed by atoms with Crippen molar-refractivity contribution < 1.29 is 4.74 Å². The number of hydrogen-bond acceptors (Lipinski definition) is 3. The smallest absolute Gasteiger partial charge is 0.143 e. The van der Waals surface area contributed by atoms with E-state index >= 15 is 0 Å². The maximum atomic E-state index is 5.92. The van der Waals surface area contributed by atoms with Crippen molar-refractivity contribution in [3.63, 3.8) is 0 Å². The zero-order valence-electron chi connectivity index (χ0n) is 11.0. The molecule has 0 fully saturated rings. The molecule has 100 valence electrons. The van der Waals surface area contributed by atoms with Gasteiger partial charge in [0, 0.05) is 30.9 Å². The second kappa shape index (κ2) is 4.56. The van der Waals surface area contributed by atoms with Crippen LogP contribution < -0.4 is 9.64 Å². The van der Waals surface area contributed by atoms with Gasteiger partial charge in [0.1, 0.15) is 5.75 Å². The van der Waals surface area contributed by atoms with Crippen molar-refractivity contribution in [3.05, 3.63) is 42.2 Å². The molecular weight excluding hydrogens is 268 g/mol. The molecule has 20 heavy (non-hydrogen) atoms. The Morgan fingerprint density at radius 3 is 3.00 bits per heavy atom. The van der Waals surface area contributed by atoms with E-state index in [0.717, 1.165) is 35.7 Å². The predicted molar refractivity (Wildman–Crippen MR) is 83.4 cm³/mol. The first kappa shape index (κ1) is 11.9. The summed E-state index contributed by atoms with van der Waals surface area (Å²) in [6, 6.07) is 8.40. The molecule has 4 rings (SSSR count). The zero-order valence-corrected chi connectivity index (χ0v) is 11.8. The number of nitrogens with zero attached hydrogens (tertiary/aromatic N) is 2. The van der Waals surface area contributed by atoms with Gasteiger partial charge in [-0.2, -0.15) is 0 Å². The van der Waals surface area contributed by atoms with Crippen molar-refractivity contribution in [1.29, 1.82) is 0 Å². The highest BCUT2D eigenvalue weighted by Crippen LogP contribution is 2.42. The summed E-state index contributed by atoms with van der Waals surface area (Å²) in [5, 5.41) is 0. The van der Waals surface area contributed by atoms with E-state index in [9.17, 15) is 0 Å². The van der Waals surface area contributed by atoms with E-state index in [1.165, 1.54) is 16.8 Å². The Bertz CT molecular complexity index is 684.